The Bertz CT molecular complexity index is 1130. The molecule has 0 atom stereocenters. The maximum Gasteiger partial charge on any atom is 0.338 e. The van der Waals surface area contributed by atoms with Crippen LogP contribution in [-0.4, -0.2) is 34.3 Å². The molecular weight excluding hydrogens is 438 g/mol. The standard InChI is InChI=1S/C26H28ClN3O3/c1-3-33-26(32)19-11-9-18(10-12-19)24-17(2)23(25(31)28-21-7-5-4-6-8-21)29-30(24)22-15-13-20(27)14-16-22/h9-16,21H,3-8H2,1-2H3,(H,28,31). The number of nitrogens with zero attached hydrogens (tertiary/aromatic N) is 2. The number of esters is 1. The van der Waals surface area contributed by atoms with Gasteiger partial charge in [-0.1, -0.05) is 43.0 Å². The van der Waals surface area contributed by atoms with Crippen molar-refractivity contribution < 1.29 is 14.3 Å². The molecule has 1 fully saturated rings. The molecule has 1 N–H and O–H groups in total. The Kier molecular flexibility index (Phi) is 7.14. The summed E-state index contributed by atoms with van der Waals surface area (Å²) in [6.07, 6.45) is 5.51. The van der Waals surface area contributed by atoms with Crippen LogP contribution in [0.25, 0.3) is 16.9 Å². The first-order valence-electron chi connectivity index (χ1n) is 11.4. The molecule has 0 spiro atoms. The zero-order valence-electron chi connectivity index (χ0n) is 18.9. The van der Waals surface area contributed by atoms with E-state index in [4.69, 9.17) is 21.4 Å². The van der Waals surface area contributed by atoms with Crippen molar-refractivity contribution >= 4 is 23.5 Å². The highest BCUT2D eigenvalue weighted by Crippen LogP contribution is 2.30. The normalized spacial score (nSPS) is 14.2. The molecule has 33 heavy (non-hydrogen) atoms. The second-order valence-electron chi connectivity index (χ2n) is 8.32. The second kappa shape index (κ2) is 10.2. The van der Waals surface area contributed by atoms with E-state index in [1.807, 2.05) is 31.2 Å². The quantitative estimate of drug-likeness (QED) is 0.471. The maximum atomic E-state index is 13.2. The van der Waals surface area contributed by atoms with Gasteiger partial charge >= 0.3 is 5.97 Å². The summed E-state index contributed by atoms with van der Waals surface area (Å²) in [5, 5.41) is 8.50. The number of hydrogen-bond donors (Lipinski definition) is 1. The molecule has 172 valence electrons. The van der Waals surface area contributed by atoms with Crippen molar-refractivity contribution in [1.29, 1.82) is 0 Å². The van der Waals surface area contributed by atoms with Gasteiger partial charge in [0.15, 0.2) is 5.69 Å². The summed E-state index contributed by atoms with van der Waals surface area (Å²) in [4.78, 5) is 25.2. The van der Waals surface area contributed by atoms with Gasteiger partial charge < -0.3 is 10.1 Å². The van der Waals surface area contributed by atoms with E-state index < -0.39 is 0 Å². The smallest absolute Gasteiger partial charge is 0.338 e. The highest BCUT2D eigenvalue weighted by atomic mass is 35.5. The van der Waals surface area contributed by atoms with Crippen molar-refractivity contribution in [2.75, 3.05) is 6.61 Å². The Morgan fingerprint density at radius 1 is 1.06 bits per heavy atom. The molecule has 1 aliphatic rings. The summed E-state index contributed by atoms with van der Waals surface area (Å²) in [7, 11) is 0. The average Bonchev–Trinajstić information content (AvgIpc) is 3.17. The molecule has 0 saturated heterocycles. The summed E-state index contributed by atoms with van der Waals surface area (Å²) in [5.41, 5.74) is 4.10. The molecule has 0 aliphatic heterocycles. The van der Waals surface area contributed by atoms with Crippen LogP contribution in [0.1, 0.15) is 65.4 Å². The van der Waals surface area contributed by atoms with Gasteiger partial charge in [0.25, 0.3) is 5.91 Å². The Balaban J connectivity index is 1.73. The van der Waals surface area contributed by atoms with Crippen LogP contribution in [0.15, 0.2) is 48.5 Å². The van der Waals surface area contributed by atoms with Gasteiger partial charge in [-0.3, -0.25) is 4.79 Å². The van der Waals surface area contributed by atoms with Gasteiger partial charge in [-0.2, -0.15) is 5.10 Å². The van der Waals surface area contributed by atoms with Crippen molar-refractivity contribution in [2.24, 2.45) is 0 Å². The van der Waals surface area contributed by atoms with Crippen LogP contribution in [0.3, 0.4) is 0 Å². The van der Waals surface area contributed by atoms with E-state index in [2.05, 4.69) is 5.32 Å². The number of nitrogens with one attached hydrogen (secondary N) is 1. The number of carbonyl (C=O) groups is 2. The highest BCUT2D eigenvalue weighted by Gasteiger charge is 2.25. The third-order valence-electron chi connectivity index (χ3n) is 6.02. The molecule has 7 heteroatoms. The SMILES string of the molecule is CCOC(=O)c1ccc(-c2c(C)c(C(=O)NC3CCCCC3)nn2-c2ccc(Cl)cc2)cc1. The summed E-state index contributed by atoms with van der Waals surface area (Å²) < 4.78 is 6.85. The van der Waals surface area contributed by atoms with E-state index in [9.17, 15) is 9.59 Å². The van der Waals surface area contributed by atoms with E-state index in [1.165, 1.54) is 6.42 Å². The van der Waals surface area contributed by atoms with Crippen molar-refractivity contribution in [2.45, 2.75) is 52.0 Å². The zero-order chi connectivity index (χ0) is 23.4. The average molecular weight is 466 g/mol. The topological polar surface area (TPSA) is 73.2 Å². The lowest BCUT2D eigenvalue weighted by Gasteiger charge is -2.22. The predicted octanol–water partition coefficient (Wildman–Crippen LogP) is 5.74. The van der Waals surface area contributed by atoms with Crippen molar-refractivity contribution in [1.82, 2.24) is 15.1 Å². The van der Waals surface area contributed by atoms with Crippen LogP contribution >= 0.6 is 11.6 Å². The summed E-state index contributed by atoms with van der Waals surface area (Å²) in [6.45, 7) is 4.01. The number of halogens is 1. The van der Waals surface area contributed by atoms with E-state index in [0.29, 0.717) is 22.9 Å². The van der Waals surface area contributed by atoms with Crippen LogP contribution in [0.4, 0.5) is 0 Å². The molecule has 1 aliphatic carbocycles. The van der Waals surface area contributed by atoms with Crippen LogP contribution in [-0.2, 0) is 4.74 Å². The molecular formula is C26H28ClN3O3. The van der Waals surface area contributed by atoms with Crippen molar-refractivity contribution in [3.8, 4) is 16.9 Å². The van der Waals surface area contributed by atoms with Crippen LogP contribution in [0, 0.1) is 6.92 Å². The van der Waals surface area contributed by atoms with Crippen LogP contribution in [0.2, 0.25) is 5.02 Å². The fourth-order valence-electron chi connectivity index (χ4n) is 4.30. The monoisotopic (exact) mass is 465 g/mol. The third-order valence-corrected chi connectivity index (χ3v) is 6.27. The molecule has 1 heterocycles. The number of amides is 1. The van der Waals surface area contributed by atoms with E-state index >= 15 is 0 Å². The Morgan fingerprint density at radius 3 is 2.36 bits per heavy atom. The van der Waals surface area contributed by atoms with Gasteiger partial charge in [-0.05, 0) is 63.1 Å². The number of ether oxygens (including phenoxy) is 1. The lowest BCUT2D eigenvalue weighted by atomic mass is 9.95. The van der Waals surface area contributed by atoms with Crippen molar-refractivity contribution in [3.63, 3.8) is 0 Å². The summed E-state index contributed by atoms with van der Waals surface area (Å²) in [5.74, 6) is -0.518. The first-order chi connectivity index (χ1) is 16.0. The molecule has 1 amide bonds. The van der Waals surface area contributed by atoms with Gasteiger partial charge in [-0.25, -0.2) is 9.48 Å². The molecule has 1 saturated carbocycles. The molecule has 6 nitrogen and oxygen atoms in total. The van der Waals surface area contributed by atoms with Gasteiger partial charge in [0.05, 0.1) is 23.6 Å². The van der Waals surface area contributed by atoms with Gasteiger partial charge in [-0.15, -0.1) is 0 Å². The Hall–Kier alpha value is -3.12. The zero-order valence-corrected chi connectivity index (χ0v) is 19.7. The molecule has 3 aromatic rings. The first-order valence-corrected chi connectivity index (χ1v) is 11.8. The summed E-state index contributed by atoms with van der Waals surface area (Å²) in [6, 6.07) is 14.7. The maximum absolute atomic E-state index is 13.2. The minimum Gasteiger partial charge on any atom is -0.462 e. The van der Waals surface area contributed by atoms with Crippen LogP contribution < -0.4 is 5.32 Å². The molecule has 4 rings (SSSR count). The highest BCUT2D eigenvalue weighted by molar-refractivity contribution is 6.30. The minimum atomic E-state index is -0.362. The van der Waals surface area contributed by atoms with Gasteiger partial charge in [0.2, 0.25) is 0 Å². The van der Waals surface area contributed by atoms with Gasteiger partial charge in [0.1, 0.15) is 0 Å². The van der Waals surface area contributed by atoms with Crippen molar-refractivity contribution in [3.05, 3.63) is 70.4 Å². The fraction of sp³-hybridized carbons (Fsp3) is 0.346. The minimum absolute atomic E-state index is 0.156. The number of aromatic nitrogens is 2. The van der Waals surface area contributed by atoms with Crippen LogP contribution in [0.5, 0.6) is 0 Å². The van der Waals surface area contributed by atoms with E-state index in [-0.39, 0.29) is 17.9 Å². The molecule has 0 bridgehead atoms. The Morgan fingerprint density at radius 2 is 1.73 bits per heavy atom. The second-order valence-corrected chi connectivity index (χ2v) is 8.75. The number of carbonyl (C=O) groups excluding carboxylic acids is 2. The van der Waals surface area contributed by atoms with E-state index in [1.54, 1.807) is 35.9 Å². The number of rotatable bonds is 6. The lowest BCUT2D eigenvalue weighted by molar-refractivity contribution is 0.0526. The fourth-order valence-corrected chi connectivity index (χ4v) is 4.42. The predicted molar refractivity (Wildman–Crippen MR) is 129 cm³/mol. The van der Waals surface area contributed by atoms with Gasteiger partial charge in [0, 0.05) is 22.2 Å². The molecule has 2 aromatic carbocycles. The molecule has 0 radical (unpaired) electrons. The molecule has 1 aromatic heterocycles. The summed E-state index contributed by atoms with van der Waals surface area (Å²) >= 11 is 6.09. The molecule has 0 unspecified atom stereocenters. The largest absolute Gasteiger partial charge is 0.462 e. The van der Waals surface area contributed by atoms with E-state index in [0.717, 1.165) is 48.2 Å². The number of hydrogen-bond acceptors (Lipinski definition) is 4. The number of benzene rings is 2. The first kappa shape index (κ1) is 23.1. The Labute approximate surface area is 198 Å². The third kappa shape index (κ3) is 5.11. The lowest BCUT2D eigenvalue weighted by Crippen LogP contribution is -2.36.